The first kappa shape index (κ1) is 24.5. The summed E-state index contributed by atoms with van der Waals surface area (Å²) in [5, 5.41) is 1.65. The summed E-state index contributed by atoms with van der Waals surface area (Å²) in [7, 11) is 4.10. The maximum Gasteiger partial charge on any atom is 0.339 e. The second kappa shape index (κ2) is 10.5. The minimum atomic E-state index is -1.18. The van der Waals surface area contributed by atoms with E-state index in [0.717, 1.165) is 39.8 Å². The molecule has 11 heteroatoms. The first-order valence-electron chi connectivity index (χ1n) is 9.07. The van der Waals surface area contributed by atoms with E-state index >= 15 is 0 Å². The molecule has 32 heavy (non-hydrogen) atoms. The number of carbonyl (C=O) groups excluding carboxylic acids is 5. The van der Waals surface area contributed by atoms with Gasteiger partial charge in [0.25, 0.3) is 0 Å². The second-order valence-corrected chi connectivity index (χ2v) is 6.86. The summed E-state index contributed by atoms with van der Waals surface area (Å²) in [6.07, 6.45) is 0. The molecule has 1 heterocycles. The zero-order valence-electron chi connectivity index (χ0n) is 17.9. The van der Waals surface area contributed by atoms with Crippen LogP contribution in [0.25, 0.3) is 10.4 Å². The van der Waals surface area contributed by atoms with Crippen molar-refractivity contribution >= 4 is 41.2 Å². The van der Waals surface area contributed by atoms with Crippen LogP contribution in [0.1, 0.15) is 58.7 Å². The third kappa shape index (κ3) is 4.33. The molecule has 2 aromatic rings. The van der Waals surface area contributed by atoms with E-state index in [9.17, 15) is 24.0 Å². The van der Waals surface area contributed by atoms with Gasteiger partial charge in [-0.25, -0.2) is 24.0 Å². The highest BCUT2D eigenvalue weighted by Gasteiger charge is 2.40. The van der Waals surface area contributed by atoms with Crippen molar-refractivity contribution in [1.82, 2.24) is 0 Å². The van der Waals surface area contributed by atoms with E-state index in [4.69, 9.17) is 23.7 Å². The molecule has 1 aromatic carbocycles. The topological polar surface area (TPSA) is 132 Å². The monoisotopic (exact) mass is 464 g/mol. The van der Waals surface area contributed by atoms with E-state index in [-0.39, 0.29) is 12.2 Å². The number of esters is 5. The molecule has 0 saturated heterocycles. The molecule has 0 fully saturated rings. The van der Waals surface area contributed by atoms with Crippen molar-refractivity contribution in [3.8, 4) is 10.4 Å². The Hall–Kier alpha value is -3.73. The Balaban J connectivity index is 3.33. The van der Waals surface area contributed by atoms with Gasteiger partial charge in [0.15, 0.2) is 0 Å². The minimum absolute atomic E-state index is 0.0802. The van der Waals surface area contributed by atoms with E-state index in [1.165, 1.54) is 6.92 Å². The lowest BCUT2D eigenvalue weighted by Gasteiger charge is -2.21. The largest absolute Gasteiger partial charge is 0.465 e. The van der Waals surface area contributed by atoms with Gasteiger partial charge < -0.3 is 23.7 Å². The average molecular weight is 464 g/mol. The average Bonchev–Trinajstić information content (AvgIpc) is 3.34. The summed E-state index contributed by atoms with van der Waals surface area (Å²) in [5.74, 6) is -5.53. The lowest BCUT2D eigenvalue weighted by molar-refractivity contribution is 0.0490. The zero-order chi connectivity index (χ0) is 24.0. The number of hydrogen-bond acceptors (Lipinski definition) is 11. The first-order chi connectivity index (χ1) is 15.3. The zero-order valence-corrected chi connectivity index (χ0v) is 18.7. The molecule has 0 aliphatic rings. The van der Waals surface area contributed by atoms with Gasteiger partial charge in [0.1, 0.15) is 0 Å². The van der Waals surface area contributed by atoms with Crippen molar-refractivity contribution < 1.29 is 47.7 Å². The molecule has 0 unspecified atom stereocenters. The summed E-state index contributed by atoms with van der Waals surface area (Å²) in [6, 6.07) is 3.18. The van der Waals surface area contributed by atoms with Gasteiger partial charge in [-0.3, -0.25) is 0 Å². The van der Waals surface area contributed by atoms with Crippen molar-refractivity contribution in [2.75, 3.05) is 35.0 Å². The van der Waals surface area contributed by atoms with Crippen LogP contribution in [-0.4, -0.2) is 64.9 Å². The lowest BCUT2D eigenvalue weighted by atomic mass is 9.85. The maximum atomic E-state index is 13.0. The molecule has 0 saturated carbocycles. The van der Waals surface area contributed by atoms with Crippen molar-refractivity contribution in [3.05, 3.63) is 45.3 Å². The van der Waals surface area contributed by atoms with Gasteiger partial charge in [0.2, 0.25) is 0 Å². The van der Waals surface area contributed by atoms with Gasteiger partial charge in [-0.15, -0.1) is 11.3 Å². The fourth-order valence-corrected chi connectivity index (χ4v) is 3.83. The Bertz CT molecular complexity index is 1070. The summed E-state index contributed by atoms with van der Waals surface area (Å²) >= 11 is 1.11. The molecular formula is C21H20O10S. The minimum Gasteiger partial charge on any atom is -0.465 e. The fourth-order valence-electron chi connectivity index (χ4n) is 3.05. The molecule has 10 nitrogen and oxygen atoms in total. The van der Waals surface area contributed by atoms with Crippen molar-refractivity contribution in [2.45, 2.75) is 6.92 Å². The summed E-state index contributed by atoms with van der Waals surface area (Å²) in [4.78, 5) is 64.6. The molecule has 0 N–H and O–H groups in total. The molecule has 2 rings (SSSR count). The normalized spacial score (nSPS) is 10.2. The third-order valence-electron chi connectivity index (χ3n) is 4.31. The number of rotatable bonds is 7. The number of methoxy groups -OCH3 is 4. The van der Waals surface area contributed by atoms with Crippen LogP contribution in [0.5, 0.6) is 0 Å². The van der Waals surface area contributed by atoms with E-state index in [1.54, 1.807) is 17.5 Å². The molecule has 170 valence electrons. The highest BCUT2D eigenvalue weighted by molar-refractivity contribution is 7.13. The van der Waals surface area contributed by atoms with Gasteiger partial charge >= 0.3 is 29.8 Å². The molecule has 0 aliphatic heterocycles. The molecule has 0 bridgehead atoms. The van der Waals surface area contributed by atoms with E-state index in [0.29, 0.717) is 4.88 Å². The van der Waals surface area contributed by atoms with Gasteiger partial charge in [-0.1, -0.05) is 6.07 Å². The number of ether oxygens (including phenoxy) is 5. The van der Waals surface area contributed by atoms with E-state index < -0.39 is 57.7 Å². The van der Waals surface area contributed by atoms with Crippen LogP contribution in [-0.2, 0) is 23.7 Å². The fraction of sp³-hybridized carbons (Fsp3) is 0.286. The van der Waals surface area contributed by atoms with Gasteiger partial charge in [0, 0.05) is 10.4 Å². The van der Waals surface area contributed by atoms with E-state index in [1.807, 2.05) is 0 Å². The maximum absolute atomic E-state index is 13.0. The highest BCUT2D eigenvalue weighted by Crippen LogP contribution is 2.40. The van der Waals surface area contributed by atoms with Crippen molar-refractivity contribution in [3.63, 3.8) is 0 Å². The molecule has 0 aliphatic carbocycles. The third-order valence-corrected chi connectivity index (χ3v) is 5.19. The number of hydrogen-bond donors (Lipinski definition) is 0. The molecule has 0 radical (unpaired) electrons. The molecule has 0 atom stereocenters. The van der Waals surface area contributed by atoms with Crippen molar-refractivity contribution in [1.29, 1.82) is 0 Å². The van der Waals surface area contributed by atoms with Gasteiger partial charge in [-0.05, 0) is 18.4 Å². The Morgan fingerprint density at radius 2 is 1.09 bits per heavy atom. The van der Waals surface area contributed by atoms with E-state index in [2.05, 4.69) is 0 Å². The summed E-state index contributed by atoms with van der Waals surface area (Å²) < 4.78 is 24.2. The second-order valence-electron chi connectivity index (χ2n) is 5.91. The van der Waals surface area contributed by atoms with Crippen LogP contribution in [0.15, 0.2) is 17.5 Å². The van der Waals surface area contributed by atoms with Crippen LogP contribution in [0.4, 0.5) is 0 Å². The van der Waals surface area contributed by atoms with Crippen LogP contribution >= 0.6 is 11.3 Å². The Labute approximate surface area is 187 Å². The number of benzene rings is 1. The molecule has 0 amide bonds. The van der Waals surface area contributed by atoms with Gasteiger partial charge in [0.05, 0.1) is 62.9 Å². The molecule has 1 aromatic heterocycles. The Morgan fingerprint density at radius 3 is 1.47 bits per heavy atom. The van der Waals surface area contributed by atoms with Crippen LogP contribution in [0, 0.1) is 0 Å². The summed E-state index contributed by atoms with van der Waals surface area (Å²) in [5.41, 5.74) is -2.95. The Morgan fingerprint density at radius 1 is 0.688 bits per heavy atom. The quantitative estimate of drug-likeness (QED) is 0.445. The first-order valence-corrected chi connectivity index (χ1v) is 9.94. The highest BCUT2D eigenvalue weighted by atomic mass is 32.1. The van der Waals surface area contributed by atoms with Crippen molar-refractivity contribution in [2.24, 2.45) is 0 Å². The molecular weight excluding hydrogens is 444 g/mol. The molecule has 0 spiro atoms. The van der Waals surface area contributed by atoms with Crippen LogP contribution in [0.3, 0.4) is 0 Å². The predicted molar refractivity (Wildman–Crippen MR) is 111 cm³/mol. The summed E-state index contributed by atoms with van der Waals surface area (Å²) in [6.45, 7) is 1.45. The number of carbonyl (C=O) groups is 5. The van der Waals surface area contributed by atoms with Crippen LogP contribution in [0.2, 0.25) is 0 Å². The lowest BCUT2D eigenvalue weighted by Crippen LogP contribution is -2.27. The SMILES string of the molecule is CCOC(=O)c1c(C(=O)OC)c(C(=O)OC)c(C(=O)OC)c(C(=O)OC)c1-c1cccs1. The van der Waals surface area contributed by atoms with Gasteiger partial charge in [-0.2, -0.15) is 0 Å². The Kier molecular flexibility index (Phi) is 8.08. The standard InChI is InChI=1S/C21H20O10S/c1-6-31-21(26)13-11(10-8-7-9-32-10)12(17(22)27-2)14(18(23)28-3)16(20(25)30-5)15(13)19(24)29-4/h7-9H,6H2,1-5H3. The number of thiophene rings is 1. The smallest absolute Gasteiger partial charge is 0.339 e. The predicted octanol–water partition coefficient (Wildman–Crippen LogP) is 2.74. The van der Waals surface area contributed by atoms with Crippen LogP contribution < -0.4 is 0 Å².